The van der Waals surface area contributed by atoms with Gasteiger partial charge in [0, 0.05) is 23.1 Å². The summed E-state index contributed by atoms with van der Waals surface area (Å²) >= 11 is 25.0. The molecular formula is C27H27Cl4N3O4S. The predicted octanol–water partition coefficient (Wildman–Crippen LogP) is 6.36. The van der Waals surface area contributed by atoms with Crippen LogP contribution in [0.1, 0.15) is 25.0 Å². The van der Waals surface area contributed by atoms with E-state index in [0.717, 1.165) is 9.87 Å². The summed E-state index contributed by atoms with van der Waals surface area (Å²) in [6.45, 7) is 4.74. The van der Waals surface area contributed by atoms with Gasteiger partial charge in [0.1, 0.15) is 12.6 Å². The van der Waals surface area contributed by atoms with Crippen LogP contribution in [0.2, 0.25) is 20.1 Å². The van der Waals surface area contributed by atoms with Crippen molar-refractivity contribution in [2.75, 3.05) is 17.4 Å². The summed E-state index contributed by atoms with van der Waals surface area (Å²) in [7, 11) is -4.28. The van der Waals surface area contributed by atoms with Gasteiger partial charge in [0.25, 0.3) is 10.0 Å². The maximum Gasteiger partial charge on any atom is 0.264 e. The number of anilines is 1. The van der Waals surface area contributed by atoms with Crippen LogP contribution in [0, 0.1) is 6.92 Å². The van der Waals surface area contributed by atoms with E-state index in [0.29, 0.717) is 22.2 Å². The second kappa shape index (κ2) is 13.2. The third kappa shape index (κ3) is 7.38. The van der Waals surface area contributed by atoms with E-state index in [-0.39, 0.29) is 27.2 Å². The number of amides is 2. The SMILES string of the molecule is CCNC(=O)[C@@H](C)N(Cc1ccc(Cl)cc1Cl)C(=O)CN(c1cccc(Cl)c1Cl)S(=O)(=O)c1ccc(C)cc1. The highest BCUT2D eigenvalue weighted by Crippen LogP contribution is 2.35. The lowest BCUT2D eigenvalue weighted by atomic mass is 10.1. The summed E-state index contributed by atoms with van der Waals surface area (Å²) in [5.41, 5.74) is 1.41. The van der Waals surface area contributed by atoms with Crippen LogP contribution in [0.4, 0.5) is 5.69 Å². The van der Waals surface area contributed by atoms with Gasteiger partial charge in [-0.25, -0.2) is 8.42 Å². The highest BCUT2D eigenvalue weighted by Gasteiger charge is 2.33. The van der Waals surface area contributed by atoms with Crippen molar-refractivity contribution in [2.24, 2.45) is 0 Å². The number of carbonyl (C=O) groups excluding carboxylic acids is 2. The summed E-state index contributed by atoms with van der Waals surface area (Å²) in [5.74, 6) is -1.07. The zero-order chi connectivity index (χ0) is 28.9. The first-order chi connectivity index (χ1) is 18.4. The number of likely N-dealkylation sites (N-methyl/N-ethyl adjacent to an activating group) is 1. The molecule has 1 atom stereocenters. The fraction of sp³-hybridized carbons (Fsp3) is 0.259. The molecule has 1 N–H and O–H groups in total. The van der Waals surface area contributed by atoms with Gasteiger partial charge in [-0.15, -0.1) is 0 Å². The molecule has 3 aromatic carbocycles. The third-order valence-corrected chi connectivity index (χ3v) is 9.13. The molecule has 0 heterocycles. The number of aryl methyl sites for hydroxylation is 1. The average molecular weight is 631 g/mol. The number of rotatable bonds is 10. The number of sulfonamides is 1. The molecule has 0 aliphatic carbocycles. The Hall–Kier alpha value is -2.49. The van der Waals surface area contributed by atoms with E-state index in [1.807, 2.05) is 6.92 Å². The first kappa shape index (κ1) is 31.0. The average Bonchev–Trinajstić information content (AvgIpc) is 2.88. The second-order valence-electron chi connectivity index (χ2n) is 8.73. The van der Waals surface area contributed by atoms with Crippen molar-refractivity contribution in [1.29, 1.82) is 0 Å². The van der Waals surface area contributed by atoms with Gasteiger partial charge in [0.2, 0.25) is 11.8 Å². The normalized spacial score (nSPS) is 12.1. The van der Waals surface area contributed by atoms with Gasteiger partial charge in [-0.3, -0.25) is 13.9 Å². The molecule has 208 valence electrons. The highest BCUT2D eigenvalue weighted by molar-refractivity contribution is 7.92. The smallest absolute Gasteiger partial charge is 0.264 e. The maximum absolute atomic E-state index is 13.9. The Morgan fingerprint density at radius 1 is 0.949 bits per heavy atom. The molecule has 0 unspecified atom stereocenters. The summed E-state index contributed by atoms with van der Waals surface area (Å²) in [6.07, 6.45) is 0. The van der Waals surface area contributed by atoms with Crippen molar-refractivity contribution < 1.29 is 18.0 Å². The Bertz CT molecular complexity index is 1470. The van der Waals surface area contributed by atoms with E-state index >= 15 is 0 Å². The number of halogens is 4. The van der Waals surface area contributed by atoms with Crippen LogP contribution in [-0.4, -0.2) is 44.3 Å². The molecule has 0 aliphatic heterocycles. The standard InChI is InChI=1S/C27H27Cl4N3O4S/c1-4-32-27(36)18(3)33(15-19-10-11-20(28)14-23(19)30)25(35)16-34(24-7-5-6-22(29)26(24)31)39(37,38)21-12-8-17(2)9-13-21/h5-14,18H,4,15-16H2,1-3H3,(H,32,36)/t18-/m1/s1. The maximum atomic E-state index is 13.9. The molecule has 7 nitrogen and oxygen atoms in total. The number of hydrogen-bond donors (Lipinski definition) is 1. The van der Waals surface area contributed by atoms with E-state index < -0.39 is 34.4 Å². The van der Waals surface area contributed by atoms with Gasteiger partial charge >= 0.3 is 0 Å². The molecule has 0 spiro atoms. The largest absolute Gasteiger partial charge is 0.355 e. The van der Waals surface area contributed by atoms with Gasteiger partial charge in [0.15, 0.2) is 0 Å². The Kier molecular flexibility index (Phi) is 10.5. The van der Waals surface area contributed by atoms with Crippen LogP contribution in [-0.2, 0) is 26.2 Å². The molecule has 0 fully saturated rings. The number of benzene rings is 3. The molecule has 3 rings (SSSR count). The lowest BCUT2D eigenvalue weighted by molar-refractivity contribution is -0.139. The van der Waals surface area contributed by atoms with Crippen molar-refractivity contribution in [2.45, 2.75) is 38.3 Å². The van der Waals surface area contributed by atoms with E-state index in [1.54, 1.807) is 38.1 Å². The summed E-state index contributed by atoms with van der Waals surface area (Å²) in [5, 5.41) is 3.48. The first-order valence-corrected chi connectivity index (χ1v) is 14.9. The van der Waals surface area contributed by atoms with Crippen LogP contribution >= 0.6 is 46.4 Å². The van der Waals surface area contributed by atoms with Gasteiger partial charge in [-0.2, -0.15) is 0 Å². The fourth-order valence-electron chi connectivity index (χ4n) is 3.77. The molecule has 3 aromatic rings. The van der Waals surface area contributed by atoms with Crippen LogP contribution in [0.3, 0.4) is 0 Å². The van der Waals surface area contributed by atoms with Crippen LogP contribution in [0.25, 0.3) is 0 Å². The Balaban J connectivity index is 2.09. The molecule has 0 aliphatic rings. The molecule has 39 heavy (non-hydrogen) atoms. The lowest BCUT2D eigenvalue weighted by Gasteiger charge is -2.32. The van der Waals surface area contributed by atoms with Crippen LogP contribution < -0.4 is 9.62 Å². The van der Waals surface area contributed by atoms with Crippen molar-refractivity contribution >= 4 is 73.9 Å². The van der Waals surface area contributed by atoms with E-state index in [1.165, 1.54) is 41.3 Å². The zero-order valence-corrected chi connectivity index (χ0v) is 25.3. The van der Waals surface area contributed by atoms with E-state index in [2.05, 4.69) is 5.32 Å². The van der Waals surface area contributed by atoms with Crippen LogP contribution in [0.15, 0.2) is 65.6 Å². The van der Waals surface area contributed by atoms with Crippen molar-refractivity contribution in [1.82, 2.24) is 10.2 Å². The van der Waals surface area contributed by atoms with Crippen LogP contribution in [0.5, 0.6) is 0 Å². The number of carbonyl (C=O) groups is 2. The van der Waals surface area contributed by atoms with Crippen molar-refractivity contribution in [3.8, 4) is 0 Å². The Labute approximate surface area is 248 Å². The van der Waals surface area contributed by atoms with Crippen molar-refractivity contribution in [3.63, 3.8) is 0 Å². The van der Waals surface area contributed by atoms with E-state index in [9.17, 15) is 18.0 Å². The molecule has 0 saturated carbocycles. The molecular weight excluding hydrogens is 604 g/mol. The fourth-order valence-corrected chi connectivity index (χ4v) is 6.12. The topological polar surface area (TPSA) is 86.8 Å². The number of nitrogens with zero attached hydrogens (tertiary/aromatic N) is 2. The molecule has 12 heteroatoms. The quantitative estimate of drug-likeness (QED) is 0.283. The highest BCUT2D eigenvalue weighted by atomic mass is 35.5. The number of hydrogen-bond acceptors (Lipinski definition) is 4. The predicted molar refractivity (Wildman–Crippen MR) is 157 cm³/mol. The van der Waals surface area contributed by atoms with Gasteiger partial charge in [-0.05, 0) is 62.7 Å². The Morgan fingerprint density at radius 2 is 1.62 bits per heavy atom. The van der Waals surface area contributed by atoms with Crippen molar-refractivity contribution in [3.05, 3.63) is 91.9 Å². The minimum atomic E-state index is -4.28. The minimum Gasteiger partial charge on any atom is -0.355 e. The van der Waals surface area contributed by atoms with Gasteiger partial charge in [0.05, 0.1) is 20.6 Å². The summed E-state index contributed by atoms with van der Waals surface area (Å²) < 4.78 is 28.6. The molecule has 0 bridgehead atoms. The third-order valence-electron chi connectivity index (χ3n) is 5.96. The summed E-state index contributed by atoms with van der Waals surface area (Å²) in [6, 6.07) is 14.5. The van der Waals surface area contributed by atoms with E-state index in [4.69, 9.17) is 46.4 Å². The lowest BCUT2D eigenvalue weighted by Crippen LogP contribution is -2.51. The van der Waals surface area contributed by atoms with Gasteiger partial charge in [-0.1, -0.05) is 76.2 Å². The first-order valence-electron chi connectivity index (χ1n) is 11.9. The zero-order valence-electron chi connectivity index (χ0n) is 21.4. The number of nitrogens with one attached hydrogen (secondary N) is 1. The monoisotopic (exact) mass is 629 g/mol. The summed E-state index contributed by atoms with van der Waals surface area (Å²) in [4.78, 5) is 27.9. The molecule has 0 saturated heterocycles. The second-order valence-corrected chi connectivity index (χ2v) is 12.2. The minimum absolute atomic E-state index is 0.0215. The van der Waals surface area contributed by atoms with Gasteiger partial charge < -0.3 is 10.2 Å². The Morgan fingerprint density at radius 3 is 2.23 bits per heavy atom. The molecule has 0 radical (unpaired) electrons. The molecule has 0 aromatic heterocycles. The molecule has 2 amide bonds.